The molecule has 52 heavy (non-hydrogen) atoms. The van der Waals surface area contributed by atoms with Gasteiger partial charge in [0.05, 0.1) is 18.8 Å². The van der Waals surface area contributed by atoms with E-state index < -0.39 is 12.1 Å². The highest BCUT2D eigenvalue weighted by Crippen LogP contribution is 2.15. The lowest BCUT2D eigenvalue weighted by Gasteiger charge is -2.22. The molecule has 0 bridgehead atoms. The molecule has 2 unspecified atom stereocenters. The van der Waals surface area contributed by atoms with Crippen LogP contribution in [0.1, 0.15) is 219 Å². The lowest BCUT2D eigenvalue weighted by molar-refractivity contribution is -0.123. The van der Waals surface area contributed by atoms with E-state index in [1.165, 1.54) is 135 Å². The molecular formula is C48H87NO3. The second-order valence-electron chi connectivity index (χ2n) is 15.1. The van der Waals surface area contributed by atoms with Gasteiger partial charge in [0.1, 0.15) is 0 Å². The summed E-state index contributed by atoms with van der Waals surface area (Å²) >= 11 is 0. The number of amides is 1. The number of aliphatic hydroxyl groups excluding tert-OH is 2. The molecule has 3 N–H and O–H groups in total. The summed E-state index contributed by atoms with van der Waals surface area (Å²) in [7, 11) is 0. The number of rotatable bonds is 40. The Morgan fingerprint density at radius 3 is 1.27 bits per heavy atom. The van der Waals surface area contributed by atoms with Crippen molar-refractivity contribution in [1.29, 1.82) is 0 Å². The maximum atomic E-state index is 12.4. The maximum absolute atomic E-state index is 12.4. The minimum absolute atomic E-state index is 0.0356. The lowest BCUT2D eigenvalue weighted by atomic mass is 10.0. The van der Waals surface area contributed by atoms with Gasteiger partial charge in [-0.2, -0.15) is 0 Å². The number of nitrogens with one attached hydrogen (secondary N) is 1. The Balaban J connectivity index is 3.46. The molecule has 4 nitrogen and oxygen atoms in total. The predicted octanol–water partition coefficient (Wildman–Crippen LogP) is 14.1. The van der Waals surface area contributed by atoms with E-state index in [4.69, 9.17) is 0 Å². The molecule has 0 aromatic rings. The fraction of sp³-hybridized carbons (Fsp3) is 0.771. The van der Waals surface area contributed by atoms with Crippen molar-refractivity contribution < 1.29 is 15.0 Å². The highest BCUT2D eigenvalue weighted by molar-refractivity contribution is 5.76. The van der Waals surface area contributed by atoms with E-state index >= 15 is 0 Å². The van der Waals surface area contributed by atoms with Gasteiger partial charge in [0.15, 0.2) is 0 Å². The Kier molecular flexibility index (Phi) is 41.9. The zero-order valence-electron chi connectivity index (χ0n) is 34.6. The van der Waals surface area contributed by atoms with E-state index in [0.717, 1.165) is 57.8 Å². The Bertz CT molecular complexity index is 873. The molecule has 0 aromatic carbocycles. The summed E-state index contributed by atoms with van der Waals surface area (Å²) in [6, 6.07) is -0.535. The van der Waals surface area contributed by atoms with Crippen LogP contribution in [0.3, 0.4) is 0 Å². The minimum Gasteiger partial charge on any atom is -0.394 e. The number of carbonyl (C=O) groups excluding carboxylic acids is 1. The van der Waals surface area contributed by atoms with Gasteiger partial charge in [0, 0.05) is 6.42 Å². The van der Waals surface area contributed by atoms with Gasteiger partial charge < -0.3 is 15.5 Å². The fourth-order valence-corrected chi connectivity index (χ4v) is 6.62. The monoisotopic (exact) mass is 726 g/mol. The molecule has 0 fully saturated rings. The number of aliphatic hydroxyl groups is 2. The number of hydrogen-bond donors (Lipinski definition) is 3. The van der Waals surface area contributed by atoms with Crippen LogP contribution in [-0.4, -0.2) is 34.9 Å². The normalized spacial score (nSPS) is 13.5. The summed E-state index contributed by atoms with van der Waals surface area (Å²) < 4.78 is 0. The van der Waals surface area contributed by atoms with Crippen molar-refractivity contribution in [2.24, 2.45) is 0 Å². The van der Waals surface area contributed by atoms with Crippen LogP contribution < -0.4 is 5.32 Å². The molecular weight excluding hydrogens is 639 g/mol. The van der Waals surface area contributed by atoms with Crippen LogP contribution in [0, 0.1) is 0 Å². The SMILES string of the molecule is CC/C=C\C/C=C\C/C=C\C/C=C\C/C=C\CCCCCCCCCCCCCCCCCC(=O)NC(CO)C(O)CCCCCCCCCCC. The van der Waals surface area contributed by atoms with Crippen LogP contribution in [0.25, 0.3) is 0 Å². The fourth-order valence-electron chi connectivity index (χ4n) is 6.62. The maximum Gasteiger partial charge on any atom is 0.220 e. The quantitative estimate of drug-likeness (QED) is 0.0435. The Morgan fingerprint density at radius 1 is 0.481 bits per heavy atom. The number of unbranched alkanes of at least 4 members (excludes halogenated alkanes) is 23. The number of hydrogen-bond acceptors (Lipinski definition) is 3. The van der Waals surface area contributed by atoms with Gasteiger partial charge in [-0.25, -0.2) is 0 Å². The summed E-state index contributed by atoms with van der Waals surface area (Å²) in [5.41, 5.74) is 0. The molecule has 4 heteroatoms. The molecule has 0 saturated heterocycles. The van der Waals surface area contributed by atoms with Crippen LogP contribution in [-0.2, 0) is 4.79 Å². The summed E-state index contributed by atoms with van der Waals surface area (Å²) in [4.78, 5) is 12.4. The molecule has 0 aliphatic carbocycles. The average Bonchev–Trinajstić information content (AvgIpc) is 3.15. The first kappa shape index (κ1) is 50.1. The second-order valence-corrected chi connectivity index (χ2v) is 15.1. The predicted molar refractivity (Wildman–Crippen MR) is 230 cm³/mol. The third-order valence-electron chi connectivity index (χ3n) is 10.0. The first-order chi connectivity index (χ1) is 25.7. The largest absolute Gasteiger partial charge is 0.394 e. The van der Waals surface area contributed by atoms with Crippen molar-refractivity contribution in [2.45, 2.75) is 231 Å². The molecule has 0 aromatic heterocycles. The van der Waals surface area contributed by atoms with Gasteiger partial charge in [-0.1, -0.05) is 216 Å². The summed E-state index contributed by atoms with van der Waals surface area (Å²) in [5.74, 6) is -0.0356. The minimum atomic E-state index is -0.658. The van der Waals surface area contributed by atoms with Gasteiger partial charge in [-0.05, 0) is 57.8 Å². The molecule has 0 spiro atoms. The molecule has 0 aliphatic rings. The third kappa shape index (κ3) is 39.3. The Labute approximate surface area is 324 Å². The van der Waals surface area contributed by atoms with Crippen LogP contribution >= 0.6 is 0 Å². The zero-order valence-corrected chi connectivity index (χ0v) is 34.6. The molecule has 0 rings (SSSR count). The highest BCUT2D eigenvalue weighted by Gasteiger charge is 2.20. The van der Waals surface area contributed by atoms with E-state index in [0.29, 0.717) is 12.8 Å². The Hall–Kier alpha value is -1.91. The average molecular weight is 726 g/mol. The van der Waals surface area contributed by atoms with Gasteiger partial charge in [0.2, 0.25) is 5.91 Å². The van der Waals surface area contributed by atoms with Crippen LogP contribution in [0.2, 0.25) is 0 Å². The molecule has 0 radical (unpaired) electrons. The van der Waals surface area contributed by atoms with Crippen LogP contribution in [0.15, 0.2) is 60.8 Å². The first-order valence-corrected chi connectivity index (χ1v) is 22.5. The van der Waals surface area contributed by atoms with Crippen molar-refractivity contribution in [3.8, 4) is 0 Å². The molecule has 0 aliphatic heterocycles. The van der Waals surface area contributed by atoms with Gasteiger partial charge in [-0.15, -0.1) is 0 Å². The van der Waals surface area contributed by atoms with Gasteiger partial charge in [-0.3, -0.25) is 4.79 Å². The summed E-state index contributed by atoms with van der Waals surface area (Å²) in [5, 5.41) is 23.0. The first-order valence-electron chi connectivity index (χ1n) is 22.5. The molecule has 0 saturated carbocycles. The van der Waals surface area contributed by atoms with Gasteiger partial charge >= 0.3 is 0 Å². The molecule has 302 valence electrons. The van der Waals surface area contributed by atoms with Crippen molar-refractivity contribution >= 4 is 5.91 Å². The van der Waals surface area contributed by atoms with Crippen LogP contribution in [0.4, 0.5) is 0 Å². The topological polar surface area (TPSA) is 69.6 Å². The Morgan fingerprint density at radius 2 is 0.846 bits per heavy atom. The van der Waals surface area contributed by atoms with Crippen molar-refractivity contribution in [1.82, 2.24) is 5.32 Å². The van der Waals surface area contributed by atoms with Gasteiger partial charge in [0.25, 0.3) is 0 Å². The molecule has 2 atom stereocenters. The van der Waals surface area contributed by atoms with E-state index in [2.05, 4.69) is 79.9 Å². The zero-order chi connectivity index (χ0) is 37.8. The van der Waals surface area contributed by atoms with Crippen LogP contribution in [0.5, 0.6) is 0 Å². The lowest BCUT2D eigenvalue weighted by Crippen LogP contribution is -2.45. The van der Waals surface area contributed by atoms with Crippen molar-refractivity contribution in [3.63, 3.8) is 0 Å². The van der Waals surface area contributed by atoms with Crippen molar-refractivity contribution in [2.75, 3.05) is 6.61 Å². The number of allylic oxidation sites excluding steroid dienone is 10. The summed E-state index contributed by atoms with van der Waals surface area (Å²) in [6.45, 7) is 4.22. The van der Waals surface area contributed by atoms with E-state index in [-0.39, 0.29) is 12.5 Å². The van der Waals surface area contributed by atoms with E-state index in [1.54, 1.807) is 0 Å². The smallest absolute Gasteiger partial charge is 0.220 e. The molecule has 1 amide bonds. The number of carbonyl (C=O) groups is 1. The third-order valence-corrected chi connectivity index (χ3v) is 10.0. The molecule has 0 heterocycles. The highest BCUT2D eigenvalue weighted by atomic mass is 16.3. The van der Waals surface area contributed by atoms with E-state index in [1.807, 2.05) is 0 Å². The second kappa shape index (κ2) is 43.5. The standard InChI is InChI=1S/C48H87NO3/c1-3-5-7-9-11-13-14-15-16-17-18-19-20-21-22-23-24-25-26-27-28-29-30-31-32-33-34-36-38-40-42-44-48(52)49-46(45-50)47(51)43-41-39-37-35-12-10-8-6-4-2/h5,7,11,13,15-16,18-19,21-22,46-47,50-51H,3-4,6,8-10,12,14,17,20,23-45H2,1-2H3,(H,49,52)/b7-5-,13-11-,16-15-,19-18-,22-21-. The van der Waals surface area contributed by atoms with E-state index in [9.17, 15) is 15.0 Å². The van der Waals surface area contributed by atoms with Crippen molar-refractivity contribution in [3.05, 3.63) is 60.8 Å². The summed E-state index contributed by atoms with van der Waals surface area (Å²) in [6.07, 6.45) is 60.3.